The van der Waals surface area contributed by atoms with E-state index in [1.165, 1.54) is 5.56 Å². The molecule has 0 saturated carbocycles. The van der Waals surface area contributed by atoms with Crippen molar-refractivity contribution in [2.45, 2.75) is 32.1 Å². The molecule has 2 rings (SSSR count). The smallest absolute Gasteiger partial charge is 0.242 e. The summed E-state index contributed by atoms with van der Waals surface area (Å²) in [6.45, 7) is 7.67. The molecular weight excluding hydrogens is 302 g/mol. The van der Waals surface area contributed by atoms with Crippen LogP contribution in [0.4, 0.5) is 0 Å². The fraction of sp³-hybridized carbons (Fsp3) is 0.579. The van der Waals surface area contributed by atoms with E-state index in [9.17, 15) is 9.59 Å². The van der Waals surface area contributed by atoms with E-state index in [1.807, 2.05) is 23.1 Å². The summed E-state index contributed by atoms with van der Waals surface area (Å²) in [4.78, 5) is 28.2. The fourth-order valence-electron chi connectivity index (χ4n) is 2.89. The predicted molar refractivity (Wildman–Crippen MR) is 95.8 cm³/mol. The minimum atomic E-state index is -0.0555. The molecule has 24 heavy (non-hydrogen) atoms. The Bertz CT molecular complexity index is 549. The van der Waals surface area contributed by atoms with Gasteiger partial charge in [-0.1, -0.05) is 44.2 Å². The summed E-state index contributed by atoms with van der Waals surface area (Å²) in [5.74, 6) is -0.0414. The third-order valence-electron chi connectivity index (χ3n) is 4.83. The minimum Gasteiger partial charge on any atom is -0.347 e. The molecule has 1 fully saturated rings. The lowest BCUT2D eigenvalue weighted by Gasteiger charge is -2.32. The topological polar surface area (TPSA) is 52.6 Å². The molecule has 132 valence electrons. The molecule has 1 heterocycles. The first kappa shape index (κ1) is 18.5. The fourth-order valence-corrected chi connectivity index (χ4v) is 2.89. The van der Waals surface area contributed by atoms with Gasteiger partial charge in [0, 0.05) is 32.6 Å². The molecule has 0 bridgehead atoms. The second-order valence-electron chi connectivity index (χ2n) is 7.21. The number of rotatable bonds is 6. The van der Waals surface area contributed by atoms with E-state index < -0.39 is 0 Å². The number of carbonyl (C=O) groups is 2. The van der Waals surface area contributed by atoms with E-state index in [-0.39, 0.29) is 23.8 Å². The SMILES string of the molecule is CN1CCN(C(=O)CNC(=O)CCC(C)(C)c2ccccc2)CC1. The van der Waals surface area contributed by atoms with Crippen LogP contribution >= 0.6 is 0 Å². The average Bonchev–Trinajstić information content (AvgIpc) is 2.59. The van der Waals surface area contributed by atoms with E-state index >= 15 is 0 Å². The molecular formula is C19H29N3O2. The van der Waals surface area contributed by atoms with Gasteiger partial charge in [0.15, 0.2) is 0 Å². The molecule has 0 aromatic heterocycles. The van der Waals surface area contributed by atoms with Gasteiger partial charge in [0.1, 0.15) is 0 Å². The van der Waals surface area contributed by atoms with Crippen molar-refractivity contribution in [1.82, 2.24) is 15.1 Å². The third-order valence-corrected chi connectivity index (χ3v) is 4.83. The van der Waals surface area contributed by atoms with Gasteiger partial charge in [0.25, 0.3) is 0 Å². The molecule has 0 spiro atoms. The lowest BCUT2D eigenvalue weighted by Crippen LogP contribution is -2.50. The first-order valence-corrected chi connectivity index (χ1v) is 8.67. The van der Waals surface area contributed by atoms with Crippen molar-refractivity contribution < 1.29 is 9.59 Å². The number of benzene rings is 1. The second-order valence-corrected chi connectivity index (χ2v) is 7.21. The van der Waals surface area contributed by atoms with Crippen LogP contribution in [0.3, 0.4) is 0 Å². The average molecular weight is 331 g/mol. The van der Waals surface area contributed by atoms with Gasteiger partial charge in [-0.15, -0.1) is 0 Å². The molecule has 1 aromatic carbocycles. The molecule has 1 aliphatic heterocycles. The Balaban J connectivity index is 1.72. The Labute approximate surface area is 145 Å². The zero-order chi connectivity index (χ0) is 17.6. The highest BCUT2D eigenvalue weighted by molar-refractivity contribution is 5.84. The van der Waals surface area contributed by atoms with Gasteiger partial charge in [0.05, 0.1) is 6.54 Å². The number of nitrogens with one attached hydrogen (secondary N) is 1. The van der Waals surface area contributed by atoms with E-state index in [0.29, 0.717) is 6.42 Å². The van der Waals surface area contributed by atoms with Gasteiger partial charge >= 0.3 is 0 Å². The maximum Gasteiger partial charge on any atom is 0.242 e. The highest BCUT2D eigenvalue weighted by Crippen LogP contribution is 2.27. The number of nitrogens with zero attached hydrogens (tertiary/aromatic N) is 2. The van der Waals surface area contributed by atoms with Crippen molar-refractivity contribution in [3.63, 3.8) is 0 Å². The summed E-state index contributed by atoms with van der Waals surface area (Å²) in [5.41, 5.74) is 1.17. The van der Waals surface area contributed by atoms with Crippen molar-refractivity contribution in [2.24, 2.45) is 0 Å². The molecule has 1 aromatic rings. The Hall–Kier alpha value is -1.88. The zero-order valence-electron chi connectivity index (χ0n) is 15.0. The van der Waals surface area contributed by atoms with E-state index in [1.54, 1.807) is 0 Å². The van der Waals surface area contributed by atoms with Gasteiger partial charge in [-0.05, 0) is 24.4 Å². The summed E-state index contributed by atoms with van der Waals surface area (Å²) in [7, 11) is 2.05. The standard InChI is InChI=1S/C19H29N3O2/c1-19(2,16-7-5-4-6-8-16)10-9-17(23)20-15-18(24)22-13-11-21(3)12-14-22/h4-8H,9-15H2,1-3H3,(H,20,23). The van der Waals surface area contributed by atoms with Crippen LogP contribution in [0.2, 0.25) is 0 Å². The molecule has 0 atom stereocenters. The maximum absolute atomic E-state index is 12.1. The predicted octanol–water partition coefficient (Wildman–Crippen LogP) is 1.63. The Kier molecular flexibility index (Phi) is 6.37. The van der Waals surface area contributed by atoms with Crippen molar-refractivity contribution in [2.75, 3.05) is 39.8 Å². The summed E-state index contributed by atoms with van der Waals surface area (Å²) in [6.07, 6.45) is 1.18. The monoisotopic (exact) mass is 331 g/mol. The van der Waals surface area contributed by atoms with E-state index in [0.717, 1.165) is 32.6 Å². The van der Waals surface area contributed by atoms with Gasteiger partial charge in [-0.2, -0.15) is 0 Å². The molecule has 1 N–H and O–H groups in total. The van der Waals surface area contributed by atoms with Gasteiger partial charge in [-0.25, -0.2) is 0 Å². The number of hydrogen-bond acceptors (Lipinski definition) is 3. The number of amides is 2. The Morgan fingerprint density at radius 1 is 1.08 bits per heavy atom. The van der Waals surface area contributed by atoms with Crippen LogP contribution in [0.15, 0.2) is 30.3 Å². The largest absolute Gasteiger partial charge is 0.347 e. The molecule has 0 aliphatic carbocycles. The van der Waals surface area contributed by atoms with Crippen LogP contribution in [0.25, 0.3) is 0 Å². The molecule has 5 heteroatoms. The number of likely N-dealkylation sites (N-methyl/N-ethyl adjacent to an activating group) is 1. The molecule has 0 radical (unpaired) electrons. The van der Waals surface area contributed by atoms with Gasteiger partial charge in [0.2, 0.25) is 11.8 Å². The van der Waals surface area contributed by atoms with Crippen LogP contribution in [0.5, 0.6) is 0 Å². The minimum absolute atomic E-state index is 0.0127. The first-order chi connectivity index (χ1) is 11.4. The lowest BCUT2D eigenvalue weighted by molar-refractivity contribution is -0.134. The van der Waals surface area contributed by atoms with Gasteiger partial charge < -0.3 is 15.1 Å². The second kappa shape index (κ2) is 8.29. The van der Waals surface area contributed by atoms with E-state index in [4.69, 9.17) is 0 Å². The van der Waals surface area contributed by atoms with Crippen LogP contribution in [0.1, 0.15) is 32.3 Å². The molecule has 0 unspecified atom stereocenters. The molecule has 1 saturated heterocycles. The summed E-state index contributed by atoms with van der Waals surface area (Å²) in [5, 5.41) is 2.77. The Morgan fingerprint density at radius 2 is 1.71 bits per heavy atom. The highest BCUT2D eigenvalue weighted by atomic mass is 16.2. The van der Waals surface area contributed by atoms with Crippen molar-refractivity contribution in [3.8, 4) is 0 Å². The lowest BCUT2D eigenvalue weighted by atomic mass is 9.80. The van der Waals surface area contributed by atoms with E-state index in [2.05, 4.69) is 43.2 Å². The third kappa shape index (κ3) is 5.34. The summed E-state index contributed by atoms with van der Waals surface area (Å²) in [6, 6.07) is 10.2. The first-order valence-electron chi connectivity index (χ1n) is 8.67. The molecule has 1 aliphatic rings. The van der Waals surface area contributed by atoms with Crippen molar-refractivity contribution in [3.05, 3.63) is 35.9 Å². The highest BCUT2D eigenvalue weighted by Gasteiger charge is 2.22. The van der Waals surface area contributed by atoms with Crippen LogP contribution in [-0.2, 0) is 15.0 Å². The number of piperazine rings is 1. The normalized spacial score (nSPS) is 16.0. The maximum atomic E-state index is 12.1. The summed E-state index contributed by atoms with van der Waals surface area (Å²) < 4.78 is 0. The molecule has 2 amide bonds. The number of carbonyl (C=O) groups excluding carboxylic acids is 2. The zero-order valence-corrected chi connectivity index (χ0v) is 15.0. The molecule has 5 nitrogen and oxygen atoms in total. The number of hydrogen-bond donors (Lipinski definition) is 1. The Morgan fingerprint density at radius 3 is 2.33 bits per heavy atom. The van der Waals surface area contributed by atoms with Crippen LogP contribution in [-0.4, -0.2) is 61.4 Å². The van der Waals surface area contributed by atoms with Crippen molar-refractivity contribution >= 4 is 11.8 Å². The van der Waals surface area contributed by atoms with Crippen LogP contribution in [0, 0.1) is 0 Å². The van der Waals surface area contributed by atoms with Crippen molar-refractivity contribution in [1.29, 1.82) is 0 Å². The van der Waals surface area contributed by atoms with Crippen LogP contribution < -0.4 is 5.32 Å². The summed E-state index contributed by atoms with van der Waals surface area (Å²) >= 11 is 0. The quantitative estimate of drug-likeness (QED) is 0.862. The van der Waals surface area contributed by atoms with Gasteiger partial charge in [-0.3, -0.25) is 9.59 Å².